The summed E-state index contributed by atoms with van der Waals surface area (Å²) in [6.45, 7) is 2.74. The fourth-order valence-corrected chi connectivity index (χ4v) is 2.82. The number of piperidine rings is 1. The lowest BCUT2D eigenvalue weighted by Gasteiger charge is -2.43. The summed E-state index contributed by atoms with van der Waals surface area (Å²) in [5, 5.41) is 0. The second-order valence-corrected chi connectivity index (χ2v) is 4.69. The molecule has 1 spiro atoms. The van der Waals surface area contributed by atoms with Crippen molar-refractivity contribution in [1.29, 1.82) is 0 Å². The van der Waals surface area contributed by atoms with E-state index in [1.54, 1.807) is 7.11 Å². The van der Waals surface area contributed by atoms with Crippen LogP contribution in [-0.2, 0) is 14.3 Å². The predicted molar refractivity (Wildman–Crippen MR) is 59.0 cm³/mol. The summed E-state index contributed by atoms with van der Waals surface area (Å²) in [6.07, 6.45) is 3.16. The second-order valence-electron chi connectivity index (χ2n) is 4.69. The topological polar surface area (TPSA) is 64.8 Å². The number of nitrogens with zero attached hydrogens (tertiary/aromatic N) is 1. The predicted octanol–water partition coefficient (Wildman–Crippen LogP) is -0.258. The summed E-state index contributed by atoms with van der Waals surface area (Å²) in [6, 6.07) is 0. The van der Waals surface area contributed by atoms with Crippen molar-refractivity contribution >= 4 is 5.91 Å². The Balaban J connectivity index is 1.99. The van der Waals surface area contributed by atoms with E-state index in [4.69, 9.17) is 15.2 Å². The van der Waals surface area contributed by atoms with Gasteiger partial charge in [-0.15, -0.1) is 0 Å². The average Bonchev–Trinajstić information content (AvgIpc) is 2.70. The van der Waals surface area contributed by atoms with Crippen LogP contribution in [0.4, 0.5) is 0 Å². The molecule has 0 bridgehead atoms. The molecule has 0 radical (unpaired) electrons. The van der Waals surface area contributed by atoms with E-state index in [2.05, 4.69) is 0 Å². The monoisotopic (exact) mass is 228 g/mol. The Hall–Kier alpha value is -0.650. The summed E-state index contributed by atoms with van der Waals surface area (Å²) >= 11 is 0. The first-order valence-electron chi connectivity index (χ1n) is 5.84. The lowest BCUT2D eigenvalue weighted by Crippen LogP contribution is -2.57. The molecule has 2 saturated heterocycles. The van der Waals surface area contributed by atoms with Crippen LogP contribution >= 0.6 is 0 Å². The molecule has 0 unspecified atom stereocenters. The van der Waals surface area contributed by atoms with E-state index >= 15 is 0 Å². The Morgan fingerprint density at radius 2 is 2.44 bits per heavy atom. The van der Waals surface area contributed by atoms with Crippen molar-refractivity contribution < 1.29 is 14.3 Å². The maximum absolute atomic E-state index is 10.9. The summed E-state index contributed by atoms with van der Waals surface area (Å²) in [5.74, 6) is -0.279. The standard InChI is InChI=1S/C11H20N2O3/c1-15-9-7-13(8-10(12)14)5-4-11(9)3-2-6-16-11/h9H,2-8H2,1H3,(H2,12,14)/t9-,11-/m0/s1. The van der Waals surface area contributed by atoms with Crippen molar-refractivity contribution in [3.63, 3.8) is 0 Å². The van der Waals surface area contributed by atoms with Crippen LogP contribution in [0.1, 0.15) is 19.3 Å². The molecule has 2 rings (SSSR count). The maximum atomic E-state index is 10.9. The molecule has 0 aromatic heterocycles. The highest BCUT2D eigenvalue weighted by Crippen LogP contribution is 2.37. The number of hydrogen-bond donors (Lipinski definition) is 1. The van der Waals surface area contributed by atoms with Crippen LogP contribution in [0.3, 0.4) is 0 Å². The molecule has 5 heteroatoms. The van der Waals surface area contributed by atoms with Crippen molar-refractivity contribution in [1.82, 2.24) is 4.90 Å². The van der Waals surface area contributed by atoms with Crippen molar-refractivity contribution in [2.75, 3.05) is 33.4 Å². The lowest BCUT2D eigenvalue weighted by molar-refractivity contribution is -0.145. The zero-order valence-electron chi connectivity index (χ0n) is 9.78. The number of methoxy groups -OCH3 is 1. The minimum atomic E-state index is -0.279. The molecule has 0 aromatic carbocycles. The zero-order chi connectivity index (χ0) is 11.6. The van der Waals surface area contributed by atoms with E-state index < -0.39 is 0 Å². The number of carbonyl (C=O) groups is 1. The van der Waals surface area contributed by atoms with Gasteiger partial charge in [0.15, 0.2) is 0 Å². The van der Waals surface area contributed by atoms with Gasteiger partial charge >= 0.3 is 0 Å². The highest BCUT2D eigenvalue weighted by atomic mass is 16.5. The Morgan fingerprint density at radius 3 is 3.00 bits per heavy atom. The lowest BCUT2D eigenvalue weighted by atomic mass is 9.86. The summed E-state index contributed by atoms with van der Waals surface area (Å²) in [5.41, 5.74) is 5.09. The van der Waals surface area contributed by atoms with Crippen LogP contribution in [0, 0.1) is 0 Å². The van der Waals surface area contributed by atoms with E-state index in [0.29, 0.717) is 6.54 Å². The molecule has 92 valence electrons. The molecule has 0 aliphatic carbocycles. The van der Waals surface area contributed by atoms with Gasteiger partial charge in [0.2, 0.25) is 5.91 Å². The van der Waals surface area contributed by atoms with Crippen LogP contribution in [0.5, 0.6) is 0 Å². The van der Waals surface area contributed by atoms with Gasteiger partial charge in [0.25, 0.3) is 0 Å². The molecule has 2 fully saturated rings. The van der Waals surface area contributed by atoms with Crippen LogP contribution in [0.2, 0.25) is 0 Å². The fourth-order valence-electron chi connectivity index (χ4n) is 2.82. The van der Waals surface area contributed by atoms with E-state index in [0.717, 1.165) is 39.0 Å². The molecular weight excluding hydrogens is 208 g/mol. The number of ether oxygens (including phenoxy) is 2. The first-order valence-corrected chi connectivity index (χ1v) is 5.84. The number of rotatable bonds is 3. The van der Waals surface area contributed by atoms with Crippen LogP contribution in [-0.4, -0.2) is 55.9 Å². The first-order chi connectivity index (χ1) is 7.66. The van der Waals surface area contributed by atoms with Crippen molar-refractivity contribution in [2.45, 2.75) is 31.0 Å². The highest BCUT2D eigenvalue weighted by molar-refractivity contribution is 5.75. The summed E-state index contributed by atoms with van der Waals surface area (Å²) in [7, 11) is 1.71. The SMILES string of the molecule is CO[C@H]1CN(CC(N)=O)CC[C@@]12CCCO2. The molecule has 2 atom stereocenters. The van der Waals surface area contributed by atoms with Gasteiger partial charge in [-0.3, -0.25) is 9.69 Å². The van der Waals surface area contributed by atoms with Gasteiger partial charge in [-0.2, -0.15) is 0 Å². The van der Waals surface area contributed by atoms with Gasteiger partial charge in [-0.1, -0.05) is 0 Å². The Labute approximate surface area is 95.9 Å². The highest BCUT2D eigenvalue weighted by Gasteiger charge is 2.46. The van der Waals surface area contributed by atoms with Crippen LogP contribution in [0.25, 0.3) is 0 Å². The molecular formula is C11H20N2O3. The van der Waals surface area contributed by atoms with E-state index in [9.17, 15) is 4.79 Å². The molecule has 2 aliphatic heterocycles. The van der Waals surface area contributed by atoms with Crippen LogP contribution in [0.15, 0.2) is 0 Å². The molecule has 2 N–H and O–H groups in total. The third kappa shape index (κ3) is 2.21. The third-order valence-electron chi connectivity index (χ3n) is 3.66. The van der Waals surface area contributed by atoms with Gasteiger partial charge in [0.1, 0.15) is 0 Å². The Kier molecular flexibility index (Phi) is 3.47. The smallest absolute Gasteiger partial charge is 0.231 e. The van der Waals surface area contributed by atoms with E-state index in [-0.39, 0.29) is 17.6 Å². The molecule has 0 saturated carbocycles. The normalized spacial score (nSPS) is 35.7. The third-order valence-corrected chi connectivity index (χ3v) is 3.66. The van der Waals surface area contributed by atoms with Gasteiger partial charge in [0.05, 0.1) is 18.2 Å². The number of likely N-dealkylation sites (tertiary alicyclic amines) is 1. The molecule has 2 heterocycles. The average molecular weight is 228 g/mol. The Morgan fingerprint density at radius 1 is 1.62 bits per heavy atom. The van der Waals surface area contributed by atoms with Crippen LogP contribution < -0.4 is 5.73 Å². The molecule has 0 aromatic rings. The number of hydrogen-bond acceptors (Lipinski definition) is 4. The zero-order valence-corrected chi connectivity index (χ0v) is 9.78. The van der Waals surface area contributed by atoms with E-state index in [1.807, 2.05) is 4.90 Å². The van der Waals surface area contributed by atoms with Gasteiger partial charge < -0.3 is 15.2 Å². The quantitative estimate of drug-likeness (QED) is 0.723. The molecule has 16 heavy (non-hydrogen) atoms. The van der Waals surface area contributed by atoms with Gasteiger partial charge in [0, 0.05) is 26.8 Å². The van der Waals surface area contributed by atoms with Gasteiger partial charge in [-0.25, -0.2) is 0 Å². The molecule has 1 amide bonds. The second kappa shape index (κ2) is 4.69. The fraction of sp³-hybridized carbons (Fsp3) is 0.909. The first kappa shape index (κ1) is 11.8. The number of amides is 1. The Bertz CT molecular complexity index is 264. The summed E-state index contributed by atoms with van der Waals surface area (Å²) < 4.78 is 11.4. The summed E-state index contributed by atoms with van der Waals surface area (Å²) in [4.78, 5) is 12.9. The number of carbonyl (C=O) groups excluding carboxylic acids is 1. The van der Waals surface area contributed by atoms with E-state index in [1.165, 1.54) is 0 Å². The van der Waals surface area contributed by atoms with Crippen molar-refractivity contribution in [2.24, 2.45) is 5.73 Å². The minimum Gasteiger partial charge on any atom is -0.377 e. The van der Waals surface area contributed by atoms with Gasteiger partial charge in [-0.05, 0) is 19.3 Å². The molecule has 2 aliphatic rings. The minimum absolute atomic E-state index is 0.0584. The molecule has 5 nitrogen and oxygen atoms in total. The van der Waals surface area contributed by atoms with Crippen molar-refractivity contribution in [3.8, 4) is 0 Å². The maximum Gasteiger partial charge on any atom is 0.231 e. The largest absolute Gasteiger partial charge is 0.377 e. The van der Waals surface area contributed by atoms with Crippen molar-refractivity contribution in [3.05, 3.63) is 0 Å². The number of nitrogens with two attached hydrogens (primary N) is 1. The number of primary amides is 1.